The topological polar surface area (TPSA) is 91.5 Å². The van der Waals surface area contributed by atoms with Gasteiger partial charge in [-0.25, -0.2) is 0 Å². The number of benzene rings is 2. The molecular weight excluding hydrogens is 382 g/mol. The fraction of sp³-hybridized carbons (Fsp3) is 0.211. The van der Waals surface area contributed by atoms with Crippen LogP contribution in [-0.2, 0) is 6.42 Å². The van der Waals surface area contributed by atoms with Crippen LogP contribution >= 0.6 is 11.6 Å². The summed E-state index contributed by atoms with van der Waals surface area (Å²) in [7, 11) is 3.04. The van der Waals surface area contributed by atoms with Crippen LogP contribution in [0.3, 0.4) is 0 Å². The molecule has 8 nitrogen and oxygen atoms in total. The molecule has 0 aliphatic heterocycles. The van der Waals surface area contributed by atoms with Crippen molar-refractivity contribution in [1.29, 1.82) is 0 Å². The number of aliphatic imine (C=N–C) groups is 1. The number of ketones is 1. The number of tetrazole rings is 1. The minimum absolute atomic E-state index is 0.126. The van der Waals surface area contributed by atoms with Gasteiger partial charge >= 0.3 is 0 Å². The molecule has 3 aromatic rings. The first kappa shape index (κ1) is 19.5. The molecule has 0 amide bonds. The number of hydrogen-bond donors (Lipinski definition) is 0. The molecule has 0 atom stereocenters. The fourth-order valence-corrected chi connectivity index (χ4v) is 2.72. The molecule has 9 heteroatoms. The number of carbonyl (C=O) groups excluding carboxylic acids is 1. The van der Waals surface area contributed by atoms with Crippen LogP contribution in [0.4, 0.5) is 5.69 Å². The molecule has 0 N–H and O–H groups in total. The van der Waals surface area contributed by atoms with Crippen molar-refractivity contribution in [3.05, 3.63) is 52.8 Å². The van der Waals surface area contributed by atoms with E-state index in [4.69, 9.17) is 21.1 Å². The zero-order valence-corrected chi connectivity index (χ0v) is 16.3. The average molecular weight is 400 g/mol. The van der Waals surface area contributed by atoms with Crippen molar-refractivity contribution in [2.45, 2.75) is 13.3 Å². The van der Waals surface area contributed by atoms with E-state index >= 15 is 0 Å². The Kier molecular flexibility index (Phi) is 6.00. The Morgan fingerprint density at radius 2 is 1.86 bits per heavy atom. The number of ether oxygens (including phenoxy) is 2. The van der Waals surface area contributed by atoms with Gasteiger partial charge in [-0.05, 0) is 47.7 Å². The van der Waals surface area contributed by atoms with Crippen LogP contribution in [-0.4, -0.2) is 46.4 Å². The lowest BCUT2D eigenvalue weighted by Crippen LogP contribution is -2.04. The summed E-state index contributed by atoms with van der Waals surface area (Å²) in [5, 5.41) is 12.4. The Balaban J connectivity index is 1.87. The first-order chi connectivity index (χ1) is 13.5. The third-order valence-corrected chi connectivity index (χ3v) is 4.24. The molecule has 3 rings (SSSR count). The van der Waals surface area contributed by atoms with Gasteiger partial charge < -0.3 is 9.47 Å². The maximum atomic E-state index is 12.0. The van der Waals surface area contributed by atoms with Gasteiger partial charge in [0.2, 0.25) is 0 Å². The molecule has 0 fully saturated rings. The molecule has 0 unspecified atom stereocenters. The maximum absolute atomic E-state index is 12.0. The Labute approximate surface area is 166 Å². The number of Topliss-reactive ketones (excluding diaryl/α,β-unsaturated/α-hetero) is 1. The van der Waals surface area contributed by atoms with E-state index < -0.39 is 0 Å². The van der Waals surface area contributed by atoms with E-state index in [1.54, 1.807) is 35.2 Å². The number of carbonyl (C=O) groups is 1. The van der Waals surface area contributed by atoms with Crippen molar-refractivity contribution in [3.8, 4) is 17.2 Å². The summed E-state index contributed by atoms with van der Waals surface area (Å²) in [5.41, 5.74) is 1.70. The number of halogens is 1. The average Bonchev–Trinajstić information content (AvgIpc) is 3.16. The zero-order valence-electron chi connectivity index (χ0n) is 15.6. The third kappa shape index (κ3) is 4.17. The Hall–Kier alpha value is -3.26. The second kappa shape index (κ2) is 8.62. The van der Waals surface area contributed by atoms with Crippen molar-refractivity contribution in [3.63, 3.8) is 0 Å². The van der Waals surface area contributed by atoms with E-state index in [2.05, 4.69) is 20.5 Å². The minimum atomic E-state index is -0.126. The van der Waals surface area contributed by atoms with E-state index in [-0.39, 0.29) is 5.78 Å². The van der Waals surface area contributed by atoms with Gasteiger partial charge in [0.25, 0.3) is 0 Å². The van der Waals surface area contributed by atoms with Crippen molar-refractivity contribution in [2.75, 3.05) is 14.2 Å². The molecule has 0 spiro atoms. The van der Waals surface area contributed by atoms with Gasteiger partial charge in [0.15, 0.2) is 23.1 Å². The van der Waals surface area contributed by atoms with E-state index in [9.17, 15) is 4.79 Å². The SMILES string of the molecule is COc1cc(N=CCc2nnnn2-c2ccc(Cl)cc2)c(C(C)=O)cc1OC. The lowest BCUT2D eigenvalue weighted by molar-refractivity contribution is 0.101. The molecule has 0 saturated carbocycles. The summed E-state index contributed by atoms with van der Waals surface area (Å²) in [5.74, 6) is 1.43. The molecule has 0 radical (unpaired) electrons. The second-order valence-corrected chi connectivity index (χ2v) is 6.22. The van der Waals surface area contributed by atoms with Gasteiger partial charge in [-0.1, -0.05) is 11.6 Å². The van der Waals surface area contributed by atoms with Crippen LogP contribution in [0.2, 0.25) is 5.02 Å². The van der Waals surface area contributed by atoms with Crippen molar-refractivity contribution < 1.29 is 14.3 Å². The normalized spacial score (nSPS) is 11.0. The van der Waals surface area contributed by atoms with Crippen LogP contribution in [0.15, 0.2) is 41.4 Å². The van der Waals surface area contributed by atoms with Crippen LogP contribution in [0.1, 0.15) is 23.1 Å². The van der Waals surface area contributed by atoms with E-state index in [0.717, 1.165) is 5.69 Å². The van der Waals surface area contributed by atoms with Crippen LogP contribution in [0.25, 0.3) is 5.69 Å². The Bertz CT molecular complexity index is 1010. The molecule has 0 aliphatic carbocycles. The third-order valence-electron chi connectivity index (χ3n) is 3.99. The van der Waals surface area contributed by atoms with Gasteiger partial charge in [0, 0.05) is 29.3 Å². The van der Waals surface area contributed by atoms with Gasteiger partial charge in [-0.3, -0.25) is 9.79 Å². The van der Waals surface area contributed by atoms with Crippen LogP contribution in [0.5, 0.6) is 11.5 Å². The number of aromatic nitrogens is 4. The lowest BCUT2D eigenvalue weighted by atomic mass is 10.1. The highest BCUT2D eigenvalue weighted by molar-refractivity contribution is 6.30. The Morgan fingerprint density at radius 1 is 1.18 bits per heavy atom. The summed E-state index contributed by atoms with van der Waals surface area (Å²) >= 11 is 5.92. The number of methoxy groups -OCH3 is 2. The number of hydrogen-bond acceptors (Lipinski definition) is 7. The highest BCUT2D eigenvalue weighted by atomic mass is 35.5. The monoisotopic (exact) mass is 399 g/mol. The summed E-state index contributed by atoms with van der Waals surface area (Å²) in [6.07, 6.45) is 2.01. The molecule has 144 valence electrons. The van der Waals surface area contributed by atoms with Crippen molar-refractivity contribution in [1.82, 2.24) is 20.2 Å². The van der Waals surface area contributed by atoms with Crippen LogP contribution < -0.4 is 9.47 Å². The van der Waals surface area contributed by atoms with Gasteiger partial charge in [0.05, 0.1) is 25.6 Å². The highest BCUT2D eigenvalue weighted by Crippen LogP contribution is 2.35. The van der Waals surface area contributed by atoms with E-state index in [1.807, 2.05) is 12.1 Å². The second-order valence-electron chi connectivity index (χ2n) is 5.78. The molecule has 1 aromatic heterocycles. The van der Waals surface area contributed by atoms with E-state index in [0.29, 0.717) is 40.0 Å². The van der Waals surface area contributed by atoms with Gasteiger partial charge in [-0.2, -0.15) is 4.68 Å². The van der Waals surface area contributed by atoms with E-state index in [1.165, 1.54) is 21.1 Å². The summed E-state index contributed by atoms with van der Waals surface area (Å²) in [6.45, 7) is 1.47. The molecule has 1 heterocycles. The molecule has 0 aliphatic rings. The number of rotatable bonds is 7. The largest absolute Gasteiger partial charge is 0.493 e. The predicted octanol–water partition coefficient (Wildman–Crippen LogP) is 3.48. The highest BCUT2D eigenvalue weighted by Gasteiger charge is 2.14. The predicted molar refractivity (Wildman–Crippen MR) is 106 cm³/mol. The first-order valence-corrected chi connectivity index (χ1v) is 8.74. The van der Waals surface area contributed by atoms with Crippen LogP contribution in [0, 0.1) is 0 Å². The fourth-order valence-electron chi connectivity index (χ4n) is 2.60. The quantitative estimate of drug-likeness (QED) is 0.446. The smallest absolute Gasteiger partial charge is 0.162 e. The Morgan fingerprint density at radius 3 is 2.50 bits per heavy atom. The lowest BCUT2D eigenvalue weighted by Gasteiger charge is -2.11. The standard InChI is InChI=1S/C19H18ClN5O3/c1-12(26)15-10-17(27-2)18(28-3)11-16(15)21-9-8-19-22-23-24-25(19)14-6-4-13(20)5-7-14/h4-7,9-11H,8H2,1-3H3. The van der Waals surface area contributed by atoms with Crippen molar-refractivity contribution in [2.24, 2.45) is 4.99 Å². The van der Waals surface area contributed by atoms with Gasteiger partial charge in [0.1, 0.15) is 0 Å². The summed E-state index contributed by atoms with van der Waals surface area (Å²) in [4.78, 5) is 16.4. The zero-order chi connectivity index (χ0) is 20.1. The molecule has 28 heavy (non-hydrogen) atoms. The van der Waals surface area contributed by atoms with Gasteiger partial charge in [-0.15, -0.1) is 5.10 Å². The molecular formula is C19H18ClN5O3. The first-order valence-electron chi connectivity index (χ1n) is 8.36. The van der Waals surface area contributed by atoms with Crippen molar-refractivity contribution >= 4 is 29.3 Å². The molecule has 0 saturated heterocycles. The number of nitrogens with zero attached hydrogens (tertiary/aromatic N) is 5. The summed E-state index contributed by atoms with van der Waals surface area (Å²) < 4.78 is 12.1. The maximum Gasteiger partial charge on any atom is 0.162 e. The molecule has 0 bridgehead atoms. The summed E-state index contributed by atoms with van der Waals surface area (Å²) in [6, 6.07) is 10.4. The molecule has 2 aromatic carbocycles. The minimum Gasteiger partial charge on any atom is -0.493 e.